The molecule has 3 heterocycles. The van der Waals surface area contributed by atoms with Crippen LogP contribution >= 0.6 is 0 Å². The van der Waals surface area contributed by atoms with Crippen molar-refractivity contribution in [2.75, 3.05) is 26.8 Å². The lowest BCUT2D eigenvalue weighted by Gasteiger charge is -2.28. The fourth-order valence-electron chi connectivity index (χ4n) is 4.50. The first-order valence-electron chi connectivity index (χ1n) is 12.4. The van der Waals surface area contributed by atoms with Gasteiger partial charge in [0.25, 0.3) is 5.91 Å². The van der Waals surface area contributed by atoms with Crippen molar-refractivity contribution in [1.29, 1.82) is 0 Å². The summed E-state index contributed by atoms with van der Waals surface area (Å²) >= 11 is 0. The number of hydrogen-bond acceptors (Lipinski definition) is 7. The van der Waals surface area contributed by atoms with Crippen molar-refractivity contribution in [2.45, 2.75) is 51.7 Å². The van der Waals surface area contributed by atoms with Crippen LogP contribution in [0.4, 0.5) is 4.79 Å². The minimum Gasteiger partial charge on any atom is -0.490 e. The summed E-state index contributed by atoms with van der Waals surface area (Å²) in [6, 6.07) is 3.30. The first kappa shape index (κ1) is 26.1. The molecule has 0 radical (unpaired) electrons. The Labute approximate surface area is 215 Å². The highest BCUT2D eigenvalue weighted by molar-refractivity contribution is 6.03. The molecule has 1 aromatic heterocycles. The van der Waals surface area contributed by atoms with Gasteiger partial charge in [-0.2, -0.15) is 0 Å². The van der Waals surface area contributed by atoms with E-state index in [0.29, 0.717) is 53.9 Å². The van der Waals surface area contributed by atoms with E-state index < -0.39 is 5.91 Å². The van der Waals surface area contributed by atoms with Crippen LogP contribution in [0.2, 0.25) is 0 Å². The van der Waals surface area contributed by atoms with Crippen molar-refractivity contribution in [3.05, 3.63) is 29.5 Å². The molecule has 37 heavy (non-hydrogen) atoms. The molecule has 1 aromatic carbocycles. The second-order valence-electron chi connectivity index (χ2n) is 9.52. The molecule has 10 heteroatoms. The van der Waals surface area contributed by atoms with E-state index in [2.05, 4.69) is 22.1 Å². The molecule has 2 saturated heterocycles. The van der Waals surface area contributed by atoms with E-state index in [1.807, 2.05) is 13.8 Å². The number of likely N-dealkylation sites (tertiary alicyclic amines) is 1. The third-order valence-corrected chi connectivity index (χ3v) is 6.42. The Bertz CT molecular complexity index is 1260. The number of nitrogens with zero attached hydrogens (tertiary/aromatic N) is 2. The first-order valence-corrected chi connectivity index (χ1v) is 12.4. The molecule has 2 aromatic rings. The zero-order valence-corrected chi connectivity index (χ0v) is 21.3. The molecule has 0 aliphatic carbocycles. The van der Waals surface area contributed by atoms with E-state index in [9.17, 15) is 14.4 Å². The van der Waals surface area contributed by atoms with Crippen LogP contribution in [0.25, 0.3) is 10.8 Å². The number of carbonyl (C=O) groups excluding carboxylic acids is 3. The van der Waals surface area contributed by atoms with Gasteiger partial charge in [-0.05, 0) is 45.2 Å². The number of methoxy groups -OCH3 is 1. The van der Waals surface area contributed by atoms with Crippen LogP contribution in [0.15, 0.2) is 18.3 Å². The largest absolute Gasteiger partial charge is 0.490 e. The summed E-state index contributed by atoms with van der Waals surface area (Å²) in [5, 5.41) is 4.19. The molecular formula is C27H32N4O6. The molecule has 0 bridgehead atoms. The van der Waals surface area contributed by atoms with E-state index >= 15 is 0 Å². The van der Waals surface area contributed by atoms with Gasteiger partial charge in [-0.15, -0.1) is 0 Å². The number of hydrogen-bond donors (Lipinski definition) is 2. The standard InChI is InChI=1S/C27H32N4O6/c1-16(2)37-23-13-21-20(12-22(23)25(28)33)18(5-4-17-8-10-31(11-9-17)27(34)35-3)14-29-26(21)36-15-19-6-7-24(32)30-19/h12-14,16-17,19H,6-11,15H2,1-3H3,(H2,28,33)(H,30,32)/t19-/m0/s1. The van der Waals surface area contributed by atoms with Gasteiger partial charge in [0, 0.05) is 42.4 Å². The smallest absolute Gasteiger partial charge is 0.409 e. The zero-order valence-electron chi connectivity index (χ0n) is 21.3. The van der Waals surface area contributed by atoms with Crippen molar-refractivity contribution in [3.63, 3.8) is 0 Å². The monoisotopic (exact) mass is 508 g/mol. The highest BCUT2D eigenvalue weighted by Crippen LogP contribution is 2.33. The maximum Gasteiger partial charge on any atom is 0.409 e. The van der Waals surface area contributed by atoms with E-state index in [-0.39, 0.29) is 42.2 Å². The van der Waals surface area contributed by atoms with Crippen LogP contribution < -0.4 is 20.5 Å². The van der Waals surface area contributed by atoms with Crippen molar-refractivity contribution in [3.8, 4) is 23.5 Å². The van der Waals surface area contributed by atoms with E-state index in [1.165, 1.54) is 7.11 Å². The van der Waals surface area contributed by atoms with Crippen molar-refractivity contribution in [2.24, 2.45) is 11.7 Å². The summed E-state index contributed by atoms with van der Waals surface area (Å²) in [5.74, 6) is 6.73. The number of nitrogens with two attached hydrogens (primary N) is 1. The second-order valence-corrected chi connectivity index (χ2v) is 9.52. The molecule has 4 rings (SSSR count). The Morgan fingerprint density at radius 3 is 2.59 bits per heavy atom. The number of pyridine rings is 1. The summed E-state index contributed by atoms with van der Waals surface area (Å²) in [5.41, 5.74) is 6.56. The molecule has 0 unspecified atom stereocenters. The summed E-state index contributed by atoms with van der Waals surface area (Å²) in [4.78, 5) is 41.8. The van der Waals surface area contributed by atoms with Crippen LogP contribution in [0, 0.1) is 17.8 Å². The number of nitrogens with one attached hydrogen (secondary N) is 1. The molecule has 2 aliphatic heterocycles. The third-order valence-electron chi connectivity index (χ3n) is 6.42. The predicted octanol–water partition coefficient (Wildman–Crippen LogP) is 2.61. The number of rotatable bonds is 6. The van der Waals surface area contributed by atoms with E-state index in [0.717, 1.165) is 12.8 Å². The van der Waals surface area contributed by atoms with Gasteiger partial charge in [-0.3, -0.25) is 9.59 Å². The molecule has 10 nitrogen and oxygen atoms in total. The Balaban J connectivity index is 1.66. The van der Waals surface area contributed by atoms with Crippen LogP contribution in [-0.2, 0) is 9.53 Å². The van der Waals surface area contributed by atoms with Gasteiger partial charge in [0.1, 0.15) is 12.4 Å². The minimum atomic E-state index is -0.611. The summed E-state index contributed by atoms with van der Waals surface area (Å²) in [7, 11) is 1.38. The Kier molecular flexibility index (Phi) is 8.01. The maximum absolute atomic E-state index is 12.3. The number of piperidine rings is 1. The molecule has 0 spiro atoms. The quantitative estimate of drug-likeness (QED) is 0.573. The lowest BCUT2D eigenvalue weighted by atomic mass is 9.96. The number of benzene rings is 1. The van der Waals surface area contributed by atoms with Crippen LogP contribution in [0.3, 0.4) is 0 Å². The average Bonchev–Trinajstić information content (AvgIpc) is 3.30. The maximum atomic E-state index is 12.3. The van der Waals surface area contributed by atoms with E-state index in [1.54, 1.807) is 23.2 Å². The Morgan fingerprint density at radius 2 is 1.97 bits per heavy atom. The minimum absolute atomic E-state index is 0.00757. The van der Waals surface area contributed by atoms with Crippen molar-refractivity contribution >= 4 is 28.7 Å². The molecule has 196 valence electrons. The van der Waals surface area contributed by atoms with Gasteiger partial charge in [-0.25, -0.2) is 9.78 Å². The Hall–Kier alpha value is -4.00. The number of ether oxygens (including phenoxy) is 3. The zero-order chi connectivity index (χ0) is 26.5. The number of aromatic nitrogens is 1. The number of fused-ring (bicyclic) bond motifs is 1. The molecule has 3 N–H and O–H groups in total. The van der Waals surface area contributed by atoms with Gasteiger partial charge in [-0.1, -0.05) is 11.8 Å². The lowest BCUT2D eigenvalue weighted by Crippen LogP contribution is -2.38. The van der Waals surface area contributed by atoms with Crippen molar-refractivity contribution < 1.29 is 28.6 Å². The average molecular weight is 509 g/mol. The third kappa shape index (κ3) is 6.23. The van der Waals surface area contributed by atoms with Crippen molar-refractivity contribution in [1.82, 2.24) is 15.2 Å². The van der Waals surface area contributed by atoms with Gasteiger partial charge in [0.05, 0.1) is 30.4 Å². The van der Waals surface area contributed by atoms with Gasteiger partial charge in [0.15, 0.2) is 0 Å². The Morgan fingerprint density at radius 1 is 1.22 bits per heavy atom. The highest BCUT2D eigenvalue weighted by atomic mass is 16.5. The number of carbonyl (C=O) groups is 3. The highest BCUT2D eigenvalue weighted by Gasteiger charge is 2.24. The second kappa shape index (κ2) is 11.4. The normalized spacial score (nSPS) is 17.8. The predicted molar refractivity (Wildman–Crippen MR) is 136 cm³/mol. The van der Waals surface area contributed by atoms with Crippen LogP contribution in [-0.4, -0.2) is 66.7 Å². The molecule has 2 fully saturated rings. The van der Waals surface area contributed by atoms with Gasteiger partial charge < -0.3 is 30.2 Å². The molecule has 1 atom stereocenters. The first-order chi connectivity index (χ1) is 17.7. The summed E-state index contributed by atoms with van der Waals surface area (Å²) in [6.45, 7) is 5.16. The van der Waals surface area contributed by atoms with Gasteiger partial charge in [0.2, 0.25) is 11.8 Å². The molecular weight excluding hydrogens is 476 g/mol. The molecule has 2 aliphatic rings. The van der Waals surface area contributed by atoms with Crippen LogP contribution in [0.5, 0.6) is 11.6 Å². The van der Waals surface area contributed by atoms with Crippen LogP contribution in [0.1, 0.15) is 55.5 Å². The lowest BCUT2D eigenvalue weighted by molar-refractivity contribution is -0.119. The fraction of sp³-hybridized carbons (Fsp3) is 0.481. The fourth-order valence-corrected chi connectivity index (χ4v) is 4.50. The summed E-state index contributed by atoms with van der Waals surface area (Å²) in [6.07, 6.45) is 3.76. The number of primary amides is 1. The molecule has 3 amide bonds. The van der Waals surface area contributed by atoms with E-state index in [4.69, 9.17) is 19.9 Å². The SMILES string of the molecule is COC(=O)N1CCC(C#Cc2cnc(OC[C@@H]3CCC(=O)N3)c3cc(OC(C)C)c(C(N)=O)cc23)CC1. The van der Waals surface area contributed by atoms with Gasteiger partial charge >= 0.3 is 6.09 Å². The number of amides is 3. The summed E-state index contributed by atoms with van der Waals surface area (Å²) < 4.78 is 16.7. The topological polar surface area (TPSA) is 133 Å². The molecule has 0 saturated carbocycles.